The molecule has 2 aliphatic heterocycles. The Bertz CT molecular complexity index is 536. The molecule has 1 aromatic carbocycles. The molecule has 21 heavy (non-hydrogen) atoms. The highest BCUT2D eigenvalue weighted by atomic mass is 32.2. The van der Waals surface area contributed by atoms with Crippen molar-refractivity contribution < 1.29 is 14.3 Å². The largest absolute Gasteiger partial charge is 0.376 e. The van der Waals surface area contributed by atoms with E-state index >= 15 is 0 Å². The van der Waals surface area contributed by atoms with Crippen LogP contribution < -0.4 is 0 Å². The van der Waals surface area contributed by atoms with E-state index in [-0.39, 0.29) is 23.5 Å². The molecule has 3 rings (SSSR count). The number of benzene rings is 1. The van der Waals surface area contributed by atoms with Gasteiger partial charge in [-0.15, -0.1) is 0 Å². The minimum Gasteiger partial charge on any atom is -0.376 e. The number of ether oxygens (including phenoxy) is 1. The second kappa shape index (κ2) is 5.81. The molecule has 0 radical (unpaired) electrons. The van der Waals surface area contributed by atoms with Gasteiger partial charge in [-0.3, -0.25) is 14.5 Å². The first-order valence-electron chi connectivity index (χ1n) is 7.18. The Kier molecular flexibility index (Phi) is 4.04. The highest BCUT2D eigenvalue weighted by molar-refractivity contribution is 8.00. The molecule has 0 bridgehead atoms. The van der Waals surface area contributed by atoms with Crippen molar-refractivity contribution in [3.8, 4) is 0 Å². The van der Waals surface area contributed by atoms with Crippen LogP contribution in [0.15, 0.2) is 30.3 Å². The van der Waals surface area contributed by atoms with E-state index in [0.29, 0.717) is 19.3 Å². The molecule has 1 aromatic rings. The third-order valence-electron chi connectivity index (χ3n) is 4.30. The Hall–Kier alpha value is -1.33. The number of imide groups is 1. The molecule has 2 saturated heterocycles. The van der Waals surface area contributed by atoms with Crippen molar-refractivity contribution >= 4 is 23.6 Å². The fourth-order valence-electron chi connectivity index (χ4n) is 2.97. The van der Waals surface area contributed by atoms with Gasteiger partial charge in [-0.1, -0.05) is 30.3 Å². The maximum absolute atomic E-state index is 12.6. The number of carbonyl (C=O) groups is 2. The van der Waals surface area contributed by atoms with Crippen molar-refractivity contribution in [2.24, 2.45) is 0 Å². The second-order valence-electron chi connectivity index (χ2n) is 5.68. The van der Waals surface area contributed by atoms with Gasteiger partial charge < -0.3 is 4.74 Å². The molecule has 0 saturated carbocycles. The van der Waals surface area contributed by atoms with Gasteiger partial charge in [-0.25, -0.2) is 0 Å². The lowest BCUT2D eigenvalue weighted by Gasteiger charge is -2.40. The van der Waals surface area contributed by atoms with Gasteiger partial charge in [-0.2, -0.15) is 11.8 Å². The van der Waals surface area contributed by atoms with Gasteiger partial charge >= 0.3 is 0 Å². The minimum absolute atomic E-state index is 0.0629. The smallest absolute Gasteiger partial charge is 0.232 e. The summed E-state index contributed by atoms with van der Waals surface area (Å²) in [4.78, 5) is 26.2. The zero-order valence-corrected chi connectivity index (χ0v) is 12.9. The second-order valence-corrected chi connectivity index (χ2v) is 6.66. The van der Waals surface area contributed by atoms with E-state index in [1.165, 1.54) is 4.90 Å². The van der Waals surface area contributed by atoms with Crippen molar-refractivity contribution in [2.45, 2.75) is 30.9 Å². The van der Waals surface area contributed by atoms with Crippen LogP contribution in [0.5, 0.6) is 0 Å². The number of rotatable bonds is 4. The molecule has 2 amide bonds. The third-order valence-corrected chi connectivity index (χ3v) is 5.76. The van der Waals surface area contributed by atoms with Crippen LogP contribution in [-0.4, -0.2) is 40.9 Å². The van der Waals surface area contributed by atoms with E-state index in [0.717, 1.165) is 17.1 Å². The summed E-state index contributed by atoms with van der Waals surface area (Å²) in [6.07, 6.45) is 1.45. The summed E-state index contributed by atoms with van der Waals surface area (Å²) in [7, 11) is 1.65. The summed E-state index contributed by atoms with van der Waals surface area (Å²) in [6, 6.07) is 9.68. The molecule has 2 fully saturated rings. The van der Waals surface area contributed by atoms with Gasteiger partial charge in [0.15, 0.2) is 0 Å². The standard InChI is InChI=1S/C16H19NO3S/c1-20-16(10-21-11-16)9-15(19)17-13(7-8-14(17)18)12-5-3-2-4-6-12/h2-6,13H,7-11H2,1H3/t13-/m1/s1. The quantitative estimate of drug-likeness (QED) is 0.857. The van der Waals surface area contributed by atoms with E-state index in [2.05, 4.69) is 0 Å². The summed E-state index contributed by atoms with van der Waals surface area (Å²) in [5.41, 5.74) is 0.664. The van der Waals surface area contributed by atoms with Gasteiger partial charge in [0.05, 0.1) is 18.1 Å². The fraction of sp³-hybridized carbons (Fsp3) is 0.500. The molecule has 1 atom stereocenters. The monoisotopic (exact) mass is 305 g/mol. The first-order chi connectivity index (χ1) is 10.2. The van der Waals surface area contributed by atoms with Gasteiger partial charge in [0.2, 0.25) is 11.8 Å². The average Bonchev–Trinajstić information content (AvgIpc) is 2.85. The predicted octanol–water partition coefficient (Wildman–Crippen LogP) is 2.40. The maximum Gasteiger partial charge on any atom is 0.232 e. The summed E-state index contributed by atoms with van der Waals surface area (Å²) in [6.45, 7) is 0. The highest BCUT2D eigenvalue weighted by Crippen LogP contribution is 2.39. The van der Waals surface area contributed by atoms with Crippen LogP contribution in [0.2, 0.25) is 0 Å². The number of hydrogen-bond acceptors (Lipinski definition) is 4. The van der Waals surface area contributed by atoms with E-state index in [9.17, 15) is 9.59 Å². The van der Waals surface area contributed by atoms with Gasteiger partial charge in [0.25, 0.3) is 0 Å². The fourth-order valence-corrected chi connectivity index (χ4v) is 4.07. The van der Waals surface area contributed by atoms with Crippen molar-refractivity contribution in [1.29, 1.82) is 0 Å². The molecule has 0 aromatic heterocycles. The van der Waals surface area contributed by atoms with Crippen LogP contribution in [0.3, 0.4) is 0 Å². The van der Waals surface area contributed by atoms with Crippen LogP contribution >= 0.6 is 11.8 Å². The van der Waals surface area contributed by atoms with Crippen LogP contribution in [0, 0.1) is 0 Å². The first kappa shape index (κ1) is 14.6. The average molecular weight is 305 g/mol. The van der Waals surface area contributed by atoms with Crippen molar-refractivity contribution in [2.75, 3.05) is 18.6 Å². The van der Waals surface area contributed by atoms with E-state index in [1.807, 2.05) is 30.3 Å². The number of amides is 2. The summed E-state index contributed by atoms with van der Waals surface area (Å²) in [5.74, 6) is 1.49. The molecule has 0 unspecified atom stereocenters. The molecular formula is C16H19NO3S. The lowest BCUT2D eigenvalue weighted by atomic mass is 10.0. The number of likely N-dealkylation sites (tertiary alicyclic amines) is 1. The molecule has 0 aliphatic carbocycles. The Balaban J connectivity index is 1.78. The van der Waals surface area contributed by atoms with Crippen LogP contribution in [0.1, 0.15) is 30.9 Å². The molecule has 0 spiro atoms. The summed E-state index contributed by atoms with van der Waals surface area (Å²) < 4.78 is 5.50. The van der Waals surface area contributed by atoms with Crippen molar-refractivity contribution in [3.63, 3.8) is 0 Å². The van der Waals surface area contributed by atoms with Gasteiger partial charge in [0.1, 0.15) is 0 Å². The van der Waals surface area contributed by atoms with Crippen molar-refractivity contribution in [1.82, 2.24) is 4.90 Å². The van der Waals surface area contributed by atoms with Gasteiger partial charge in [-0.05, 0) is 12.0 Å². The predicted molar refractivity (Wildman–Crippen MR) is 82.0 cm³/mol. The molecule has 112 valence electrons. The lowest BCUT2D eigenvalue weighted by Crippen LogP contribution is -2.50. The number of hydrogen-bond donors (Lipinski definition) is 0. The number of thioether (sulfide) groups is 1. The third kappa shape index (κ3) is 2.72. The summed E-state index contributed by atoms with van der Waals surface area (Å²) in [5, 5.41) is 0. The van der Waals surface area contributed by atoms with E-state index < -0.39 is 0 Å². The summed E-state index contributed by atoms with van der Waals surface area (Å²) >= 11 is 1.77. The highest BCUT2D eigenvalue weighted by Gasteiger charge is 2.44. The topological polar surface area (TPSA) is 46.6 Å². The number of carbonyl (C=O) groups excluding carboxylic acids is 2. The van der Waals surface area contributed by atoms with Crippen LogP contribution in [-0.2, 0) is 14.3 Å². The SMILES string of the molecule is COC1(CC(=O)N2C(=O)CC[C@@H]2c2ccccc2)CSC1. The number of nitrogens with zero attached hydrogens (tertiary/aromatic N) is 1. The maximum atomic E-state index is 12.6. The molecule has 4 nitrogen and oxygen atoms in total. The van der Waals surface area contributed by atoms with Crippen LogP contribution in [0.4, 0.5) is 0 Å². The van der Waals surface area contributed by atoms with E-state index in [4.69, 9.17) is 4.74 Å². The molecule has 2 heterocycles. The normalized spacial score (nSPS) is 24.0. The van der Waals surface area contributed by atoms with Gasteiger partial charge in [0, 0.05) is 25.0 Å². The first-order valence-corrected chi connectivity index (χ1v) is 8.33. The molecule has 0 N–H and O–H groups in total. The molecule has 5 heteroatoms. The number of methoxy groups -OCH3 is 1. The van der Waals surface area contributed by atoms with Crippen LogP contribution in [0.25, 0.3) is 0 Å². The molecule has 2 aliphatic rings. The van der Waals surface area contributed by atoms with Crippen molar-refractivity contribution in [3.05, 3.63) is 35.9 Å². The lowest BCUT2D eigenvalue weighted by molar-refractivity contribution is -0.147. The Morgan fingerprint density at radius 2 is 2.10 bits per heavy atom. The molecular weight excluding hydrogens is 286 g/mol. The van der Waals surface area contributed by atoms with E-state index in [1.54, 1.807) is 18.9 Å². The Labute approximate surface area is 128 Å². The zero-order chi connectivity index (χ0) is 14.9. The Morgan fingerprint density at radius 3 is 2.67 bits per heavy atom. The Morgan fingerprint density at radius 1 is 1.38 bits per heavy atom. The zero-order valence-electron chi connectivity index (χ0n) is 12.1. The minimum atomic E-state index is -0.369.